The van der Waals surface area contributed by atoms with Crippen molar-refractivity contribution in [1.82, 2.24) is 0 Å². The van der Waals surface area contributed by atoms with Crippen LogP contribution >= 0.6 is 0 Å². The Labute approximate surface area is 144 Å². The number of unbranched alkanes of at least 4 members (excludes halogenated alkanes) is 10. The van der Waals surface area contributed by atoms with E-state index in [1.807, 2.05) is 0 Å². The van der Waals surface area contributed by atoms with E-state index in [1.165, 1.54) is 64.2 Å². The van der Waals surface area contributed by atoms with Gasteiger partial charge in [-0.3, -0.25) is 0 Å². The summed E-state index contributed by atoms with van der Waals surface area (Å²) >= 11 is 0. The van der Waals surface area contributed by atoms with Crippen molar-refractivity contribution in [3.63, 3.8) is 0 Å². The van der Waals surface area contributed by atoms with Gasteiger partial charge in [0.1, 0.15) is 0 Å². The van der Waals surface area contributed by atoms with Crippen LogP contribution in [0.2, 0.25) is 0 Å². The standard InChI is InChI=1S/C13H28O.C4H10O4S/c1-2-3-4-5-6-7-8-9-10-11-12-13-14;1-3-7-9(5,6)8-4-2/h14H,2-13H2,1H3;3-4H2,1-2H3. The van der Waals surface area contributed by atoms with Crippen LogP contribution in [0.25, 0.3) is 0 Å². The third-order valence-corrected chi connectivity index (χ3v) is 4.33. The summed E-state index contributed by atoms with van der Waals surface area (Å²) in [6, 6.07) is 0. The molecular weight excluding hydrogens is 316 g/mol. The van der Waals surface area contributed by atoms with Gasteiger partial charge in [0.2, 0.25) is 0 Å². The predicted octanol–water partition coefficient (Wildman–Crippen LogP) is 4.59. The van der Waals surface area contributed by atoms with Crippen LogP contribution in [0.1, 0.15) is 91.4 Å². The Morgan fingerprint density at radius 3 is 1.30 bits per heavy atom. The van der Waals surface area contributed by atoms with E-state index in [0.29, 0.717) is 6.61 Å². The van der Waals surface area contributed by atoms with E-state index in [0.717, 1.165) is 6.42 Å². The lowest BCUT2D eigenvalue weighted by Crippen LogP contribution is -2.09. The smallest absolute Gasteiger partial charge is 0.396 e. The van der Waals surface area contributed by atoms with Crippen molar-refractivity contribution in [2.45, 2.75) is 91.4 Å². The molecule has 0 bridgehead atoms. The highest BCUT2D eigenvalue weighted by Gasteiger charge is 2.06. The van der Waals surface area contributed by atoms with E-state index in [-0.39, 0.29) is 13.2 Å². The Morgan fingerprint density at radius 2 is 1.00 bits per heavy atom. The van der Waals surface area contributed by atoms with Gasteiger partial charge in [-0.05, 0) is 20.3 Å². The first-order valence-corrected chi connectivity index (χ1v) is 10.5. The van der Waals surface area contributed by atoms with Crippen molar-refractivity contribution >= 4 is 10.4 Å². The highest BCUT2D eigenvalue weighted by atomic mass is 32.3. The zero-order chi connectivity index (χ0) is 17.8. The maximum absolute atomic E-state index is 10.4. The van der Waals surface area contributed by atoms with Gasteiger partial charge < -0.3 is 5.11 Å². The molecule has 23 heavy (non-hydrogen) atoms. The number of aliphatic hydroxyl groups excluding tert-OH is 1. The van der Waals surface area contributed by atoms with Crippen LogP contribution in [-0.4, -0.2) is 33.3 Å². The molecule has 0 fully saturated rings. The van der Waals surface area contributed by atoms with Crippen LogP contribution in [-0.2, 0) is 18.8 Å². The molecule has 0 aromatic heterocycles. The predicted molar refractivity (Wildman–Crippen MR) is 95.7 cm³/mol. The molecule has 0 spiro atoms. The molecular formula is C17H38O5S. The van der Waals surface area contributed by atoms with Gasteiger partial charge in [-0.2, -0.15) is 8.42 Å². The molecule has 0 rings (SSSR count). The molecule has 0 radical (unpaired) electrons. The Hall–Kier alpha value is -0.170. The monoisotopic (exact) mass is 354 g/mol. The Balaban J connectivity index is 0. The number of hydrogen-bond donors (Lipinski definition) is 1. The van der Waals surface area contributed by atoms with Crippen LogP contribution in [0, 0.1) is 0 Å². The van der Waals surface area contributed by atoms with E-state index in [1.54, 1.807) is 13.8 Å². The molecule has 0 heterocycles. The fraction of sp³-hybridized carbons (Fsp3) is 1.00. The maximum atomic E-state index is 10.4. The van der Waals surface area contributed by atoms with Crippen molar-refractivity contribution in [2.75, 3.05) is 19.8 Å². The number of hydrogen-bond acceptors (Lipinski definition) is 5. The quantitative estimate of drug-likeness (QED) is 0.435. The van der Waals surface area contributed by atoms with E-state index >= 15 is 0 Å². The third kappa shape index (κ3) is 24.2. The summed E-state index contributed by atoms with van der Waals surface area (Å²) in [4.78, 5) is 0. The molecule has 142 valence electrons. The molecule has 0 saturated carbocycles. The molecule has 0 saturated heterocycles. The van der Waals surface area contributed by atoms with E-state index in [2.05, 4.69) is 15.3 Å². The Kier molecular flexibility index (Phi) is 21.7. The van der Waals surface area contributed by atoms with Crippen molar-refractivity contribution in [2.24, 2.45) is 0 Å². The fourth-order valence-electron chi connectivity index (χ4n) is 2.10. The summed E-state index contributed by atoms with van der Waals surface area (Å²) in [5.74, 6) is 0. The molecule has 6 heteroatoms. The first-order valence-electron chi connectivity index (χ1n) is 9.18. The third-order valence-electron chi connectivity index (χ3n) is 3.29. The van der Waals surface area contributed by atoms with Crippen molar-refractivity contribution in [3.8, 4) is 0 Å². The van der Waals surface area contributed by atoms with Crippen molar-refractivity contribution < 1.29 is 21.9 Å². The lowest BCUT2D eigenvalue weighted by molar-refractivity contribution is 0.231. The van der Waals surface area contributed by atoms with Gasteiger partial charge in [-0.25, -0.2) is 8.37 Å². The topological polar surface area (TPSA) is 72.8 Å². The molecule has 0 aliphatic heterocycles. The summed E-state index contributed by atoms with van der Waals surface area (Å²) in [5, 5.41) is 8.59. The molecule has 0 aliphatic carbocycles. The zero-order valence-electron chi connectivity index (χ0n) is 15.4. The van der Waals surface area contributed by atoms with Crippen LogP contribution in [0.3, 0.4) is 0 Å². The summed E-state index contributed by atoms with van der Waals surface area (Å²) < 4.78 is 29.2. The molecule has 5 nitrogen and oxygen atoms in total. The van der Waals surface area contributed by atoms with Gasteiger partial charge in [0.05, 0.1) is 13.2 Å². The molecule has 0 aliphatic rings. The van der Waals surface area contributed by atoms with Crippen LogP contribution in [0.5, 0.6) is 0 Å². The average Bonchev–Trinajstić information content (AvgIpc) is 2.50. The van der Waals surface area contributed by atoms with Gasteiger partial charge in [0, 0.05) is 6.61 Å². The molecule has 1 N–H and O–H groups in total. The fourth-order valence-corrected chi connectivity index (χ4v) is 2.74. The molecule has 0 unspecified atom stereocenters. The lowest BCUT2D eigenvalue weighted by Gasteiger charge is -2.01. The van der Waals surface area contributed by atoms with Crippen LogP contribution in [0.4, 0.5) is 0 Å². The number of aliphatic hydroxyl groups is 1. The van der Waals surface area contributed by atoms with Crippen molar-refractivity contribution in [3.05, 3.63) is 0 Å². The molecule has 0 atom stereocenters. The van der Waals surface area contributed by atoms with E-state index in [9.17, 15) is 8.42 Å². The van der Waals surface area contributed by atoms with Gasteiger partial charge >= 0.3 is 10.4 Å². The summed E-state index contributed by atoms with van der Waals surface area (Å²) in [6.45, 7) is 6.02. The first-order chi connectivity index (χ1) is 11.0. The maximum Gasteiger partial charge on any atom is 0.399 e. The minimum Gasteiger partial charge on any atom is -0.396 e. The van der Waals surface area contributed by atoms with Crippen molar-refractivity contribution in [1.29, 1.82) is 0 Å². The van der Waals surface area contributed by atoms with Gasteiger partial charge in [-0.15, -0.1) is 0 Å². The van der Waals surface area contributed by atoms with E-state index in [4.69, 9.17) is 5.11 Å². The zero-order valence-corrected chi connectivity index (χ0v) is 16.2. The van der Waals surface area contributed by atoms with Gasteiger partial charge in [0.25, 0.3) is 0 Å². The lowest BCUT2D eigenvalue weighted by atomic mass is 10.1. The van der Waals surface area contributed by atoms with E-state index < -0.39 is 10.4 Å². The SMILES string of the molecule is CCCCCCCCCCCCCO.CCOS(=O)(=O)OCC. The summed E-state index contributed by atoms with van der Waals surface area (Å²) in [6.07, 6.45) is 14.8. The van der Waals surface area contributed by atoms with Crippen LogP contribution < -0.4 is 0 Å². The normalized spacial score (nSPS) is 11.1. The highest BCUT2D eigenvalue weighted by molar-refractivity contribution is 7.81. The molecule has 0 aromatic carbocycles. The second kappa shape index (κ2) is 19.9. The Bertz CT molecular complexity index is 280. The Morgan fingerprint density at radius 1 is 0.652 bits per heavy atom. The minimum absolute atomic E-state index is 0.113. The summed E-state index contributed by atoms with van der Waals surface area (Å²) in [5.41, 5.74) is 0. The number of rotatable bonds is 15. The van der Waals surface area contributed by atoms with Crippen LogP contribution in [0.15, 0.2) is 0 Å². The first kappa shape index (κ1) is 25.1. The highest BCUT2D eigenvalue weighted by Crippen LogP contribution is 2.10. The van der Waals surface area contributed by atoms with Gasteiger partial charge in [0.15, 0.2) is 0 Å². The second-order valence-corrected chi connectivity index (χ2v) is 6.77. The largest absolute Gasteiger partial charge is 0.399 e. The molecule has 0 amide bonds. The average molecular weight is 355 g/mol. The molecule has 0 aromatic rings. The van der Waals surface area contributed by atoms with Gasteiger partial charge in [-0.1, -0.05) is 71.1 Å². The second-order valence-electron chi connectivity index (χ2n) is 5.48. The summed E-state index contributed by atoms with van der Waals surface area (Å²) in [7, 11) is -3.68. The minimum atomic E-state index is -3.68.